The third-order valence-corrected chi connectivity index (χ3v) is 4.39. The van der Waals surface area contributed by atoms with E-state index < -0.39 is 5.91 Å². The topological polar surface area (TPSA) is 50.7 Å². The number of benzene rings is 3. The molecule has 1 amide bonds. The van der Waals surface area contributed by atoms with Crippen molar-refractivity contribution in [1.29, 1.82) is 0 Å². The summed E-state index contributed by atoms with van der Waals surface area (Å²) in [4.78, 5) is 12.2. The van der Waals surface area contributed by atoms with Crippen molar-refractivity contribution in [3.05, 3.63) is 106 Å². The van der Waals surface area contributed by atoms with Crippen molar-refractivity contribution in [3.63, 3.8) is 0 Å². The Bertz CT molecular complexity index is 1020. The maximum absolute atomic E-state index is 12.2. The Labute approximate surface area is 179 Å². The predicted octanol–water partition coefficient (Wildman–Crippen LogP) is 5.61. The average molecular weight is 425 g/mol. The Hall–Kier alpha value is -3.08. The van der Waals surface area contributed by atoms with E-state index in [9.17, 15) is 4.79 Å². The van der Waals surface area contributed by atoms with Gasteiger partial charge in [0, 0.05) is 10.6 Å². The van der Waals surface area contributed by atoms with Crippen LogP contribution in [0, 0.1) is 0 Å². The molecule has 0 aliphatic rings. The fourth-order valence-corrected chi connectivity index (χ4v) is 2.90. The number of carbonyl (C=O) groups excluding carboxylic acids is 1. The van der Waals surface area contributed by atoms with Crippen molar-refractivity contribution < 1.29 is 9.53 Å². The summed E-state index contributed by atoms with van der Waals surface area (Å²) in [5.41, 5.74) is 5.05. The first kappa shape index (κ1) is 20.6. The van der Waals surface area contributed by atoms with Gasteiger partial charge in [-0.1, -0.05) is 89.9 Å². The lowest BCUT2D eigenvalue weighted by Gasteiger charge is -2.08. The molecule has 0 saturated heterocycles. The van der Waals surface area contributed by atoms with E-state index in [0.29, 0.717) is 21.5 Å². The summed E-state index contributed by atoms with van der Waals surface area (Å²) in [6, 6.07) is 24.2. The molecule has 0 heterocycles. The summed E-state index contributed by atoms with van der Waals surface area (Å²) in [5.74, 6) is -0.0278. The van der Waals surface area contributed by atoms with Crippen LogP contribution in [0.15, 0.2) is 90.0 Å². The number of ether oxygens (including phenoxy) is 1. The standard InChI is InChI=1S/C23H18Cl2N2O2/c24-19-12-14-22(20(25)15-19)29-16-23(28)27-26-21(18-9-5-2-6-10-18)13-11-17-7-3-1-4-8-17/h1-15H,16H2,(H,27,28)/b13-11-,26-21-. The number of nitrogens with zero attached hydrogens (tertiary/aromatic N) is 1. The van der Waals surface area contributed by atoms with Gasteiger partial charge in [0.05, 0.1) is 10.7 Å². The van der Waals surface area contributed by atoms with Gasteiger partial charge in [0.1, 0.15) is 5.75 Å². The Kier molecular flexibility index (Phi) is 7.45. The molecule has 146 valence electrons. The number of allylic oxidation sites excluding steroid dienone is 1. The van der Waals surface area contributed by atoms with Gasteiger partial charge >= 0.3 is 0 Å². The fraction of sp³-hybridized carbons (Fsp3) is 0.0435. The maximum Gasteiger partial charge on any atom is 0.277 e. The van der Waals surface area contributed by atoms with Crippen LogP contribution in [0.4, 0.5) is 0 Å². The molecule has 1 N–H and O–H groups in total. The number of rotatable bonds is 7. The molecular weight excluding hydrogens is 407 g/mol. The second-order valence-corrected chi connectivity index (χ2v) is 6.85. The molecular formula is C23H18Cl2N2O2. The van der Waals surface area contributed by atoms with Gasteiger partial charge in [-0.05, 0) is 29.8 Å². The summed E-state index contributed by atoms with van der Waals surface area (Å²) in [5, 5.41) is 5.09. The van der Waals surface area contributed by atoms with Crippen LogP contribution in [-0.2, 0) is 4.79 Å². The predicted molar refractivity (Wildman–Crippen MR) is 119 cm³/mol. The average Bonchev–Trinajstić information content (AvgIpc) is 2.74. The molecule has 0 aromatic heterocycles. The molecule has 3 rings (SSSR count). The van der Waals surface area contributed by atoms with Crippen molar-refractivity contribution in [2.45, 2.75) is 0 Å². The van der Waals surface area contributed by atoms with Gasteiger partial charge in [0.15, 0.2) is 6.61 Å². The second kappa shape index (κ2) is 10.5. The van der Waals surface area contributed by atoms with Gasteiger partial charge in [-0.15, -0.1) is 0 Å². The Morgan fingerprint density at radius 3 is 2.34 bits per heavy atom. The Morgan fingerprint density at radius 2 is 1.66 bits per heavy atom. The highest BCUT2D eigenvalue weighted by Gasteiger charge is 2.07. The van der Waals surface area contributed by atoms with E-state index in [4.69, 9.17) is 27.9 Å². The third-order valence-electron chi connectivity index (χ3n) is 3.86. The van der Waals surface area contributed by atoms with E-state index in [1.165, 1.54) is 0 Å². The van der Waals surface area contributed by atoms with Crippen LogP contribution in [0.2, 0.25) is 10.0 Å². The molecule has 3 aromatic rings. The molecule has 6 heteroatoms. The first-order valence-corrected chi connectivity index (χ1v) is 9.60. The lowest BCUT2D eigenvalue weighted by molar-refractivity contribution is -0.123. The normalized spacial score (nSPS) is 11.4. The summed E-state index contributed by atoms with van der Waals surface area (Å²) in [7, 11) is 0. The van der Waals surface area contributed by atoms with Crippen molar-refractivity contribution >= 4 is 40.9 Å². The van der Waals surface area contributed by atoms with Crippen molar-refractivity contribution in [3.8, 4) is 5.75 Å². The molecule has 0 radical (unpaired) electrons. The van der Waals surface area contributed by atoms with E-state index in [0.717, 1.165) is 11.1 Å². The minimum absolute atomic E-state index is 0.227. The van der Waals surface area contributed by atoms with Crippen LogP contribution in [0.3, 0.4) is 0 Å². The number of hydrogen-bond donors (Lipinski definition) is 1. The van der Waals surface area contributed by atoms with E-state index in [2.05, 4.69) is 10.5 Å². The number of carbonyl (C=O) groups is 1. The molecule has 4 nitrogen and oxygen atoms in total. The lowest BCUT2D eigenvalue weighted by Crippen LogP contribution is -2.25. The van der Waals surface area contributed by atoms with Gasteiger partial charge in [-0.3, -0.25) is 4.79 Å². The molecule has 0 fully saturated rings. The largest absolute Gasteiger partial charge is 0.482 e. The molecule has 0 atom stereocenters. The van der Waals surface area contributed by atoms with E-state index in [1.807, 2.05) is 72.8 Å². The number of halogens is 2. The number of hydrazone groups is 1. The molecule has 0 spiro atoms. The first-order valence-electron chi connectivity index (χ1n) is 8.85. The van der Waals surface area contributed by atoms with Crippen molar-refractivity contribution in [2.24, 2.45) is 5.10 Å². The SMILES string of the molecule is O=C(COc1ccc(Cl)cc1Cl)N/N=C(/C=C\c1ccccc1)c1ccccc1. The molecule has 0 bridgehead atoms. The van der Waals surface area contributed by atoms with Crippen molar-refractivity contribution in [1.82, 2.24) is 5.43 Å². The number of nitrogens with one attached hydrogen (secondary N) is 1. The Balaban J connectivity index is 1.68. The van der Waals surface area contributed by atoms with Crippen LogP contribution in [0.1, 0.15) is 11.1 Å². The monoisotopic (exact) mass is 424 g/mol. The smallest absolute Gasteiger partial charge is 0.277 e. The van der Waals surface area contributed by atoms with Gasteiger partial charge < -0.3 is 4.74 Å². The van der Waals surface area contributed by atoms with Crippen LogP contribution >= 0.6 is 23.2 Å². The van der Waals surface area contributed by atoms with Gasteiger partial charge in [0.25, 0.3) is 5.91 Å². The van der Waals surface area contributed by atoms with E-state index in [-0.39, 0.29) is 6.61 Å². The number of amides is 1. The molecule has 0 saturated carbocycles. The fourth-order valence-electron chi connectivity index (χ4n) is 2.44. The number of hydrogen-bond acceptors (Lipinski definition) is 3. The van der Waals surface area contributed by atoms with Crippen molar-refractivity contribution in [2.75, 3.05) is 6.61 Å². The minimum Gasteiger partial charge on any atom is -0.482 e. The van der Waals surface area contributed by atoms with Gasteiger partial charge in [-0.2, -0.15) is 5.10 Å². The highest BCUT2D eigenvalue weighted by atomic mass is 35.5. The zero-order valence-electron chi connectivity index (χ0n) is 15.4. The van der Waals surface area contributed by atoms with Gasteiger partial charge in [0.2, 0.25) is 0 Å². The quantitative estimate of drug-likeness (QED) is 0.395. The Morgan fingerprint density at radius 1 is 0.966 bits per heavy atom. The summed E-state index contributed by atoms with van der Waals surface area (Å²) >= 11 is 11.9. The van der Waals surface area contributed by atoms with Crippen LogP contribution < -0.4 is 10.2 Å². The molecule has 29 heavy (non-hydrogen) atoms. The minimum atomic E-state index is -0.405. The maximum atomic E-state index is 12.2. The summed E-state index contributed by atoms with van der Waals surface area (Å²) < 4.78 is 5.43. The second-order valence-electron chi connectivity index (χ2n) is 6.01. The van der Waals surface area contributed by atoms with Crippen LogP contribution in [0.5, 0.6) is 5.75 Å². The summed E-state index contributed by atoms with van der Waals surface area (Å²) in [6.07, 6.45) is 3.78. The zero-order valence-corrected chi connectivity index (χ0v) is 16.9. The highest BCUT2D eigenvalue weighted by Crippen LogP contribution is 2.27. The van der Waals surface area contributed by atoms with Crippen LogP contribution in [-0.4, -0.2) is 18.2 Å². The lowest BCUT2D eigenvalue weighted by atomic mass is 10.1. The first-order chi connectivity index (χ1) is 14.1. The van der Waals surface area contributed by atoms with Gasteiger partial charge in [-0.25, -0.2) is 5.43 Å². The van der Waals surface area contributed by atoms with E-state index >= 15 is 0 Å². The molecule has 0 aliphatic heterocycles. The summed E-state index contributed by atoms with van der Waals surface area (Å²) in [6.45, 7) is -0.227. The van der Waals surface area contributed by atoms with Crippen LogP contribution in [0.25, 0.3) is 6.08 Å². The van der Waals surface area contributed by atoms with E-state index in [1.54, 1.807) is 18.2 Å². The zero-order chi connectivity index (χ0) is 20.5. The molecule has 0 unspecified atom stereocenters. The highest BCUT2D eigenvalue weighted by molar-refractivity contribution is 6.35. The molecule has 3 aromatic carbocycles. The molecule has 0 aliphatic carbocycles. The third kappa shape index (κ3) is 6.49.